The van der Waals surface area contributed by atoms with Crippen molar-refractivity contribution in [1.29, 1.82) is 0 Å². The van der Waals surface area contributed by atoms with E-state index in [9.17, 15) is 0 Å². The molecule has 0 saturated carbocycles. The van der Waals surface area contributed by atoms with Crippen LogP contribution in [0.2, 0.25) is 12.1 Å². The molecule has 0 radical (unpaired) electrons. The van der Waals surface area contributed by atoms with E-state index in [1.165, 1.54) is 77.0 Å². The molecule has 2 atom stereocenters. The molecule has 4 nitrogen and oxygen atoms in total. The number of nitrogens with two attached hydrogens (primary N) is 2. The van der Waals surface area contributed by atoms with Crippen molar-refractivity contribution in [2.24, 2.45) is 11.5 Å². The summed E-state index contributed by atoms with van der Waals surface area (Å²) in [5, 5.41) is 0. The van der Waals surface area contributed by atoms with Gasteiger partial charge in [-0.3, -0.25) is 0 Å². The second-order valence-electron chi connectivity index (χ2n) is 7.73. The third-order valence-corrected chi connectivity index (χ3v) is 9.13. The summed E-state index contributed by atoms with van der Waals surface area (Å²) < 4.78 is 12.9. The molecule has 1 fully saturated rings. The van der Waals surface area contributed by atoms with Gasteiger partial charge in [-0.05, 0) is 12.1 Å². The Labute approximate surface area is 157 Å². The standard InChI is InChI=1S/C20H44N2O2Si/c1-3-5-7-9-11-13-15-25(16-14-12-10-8-6-4-2)23-19(17-21)20(18-22)24-25/h19-20H,3-18,21-22H2,1-2H3. The first-order valence-corrected chi connectivity index (χ1v) is 13.2. The fourth-order valence-corrected chi connectivity index (χ4v) is 7.79. The van der Waals surface area contributed by atoms with Crippen LogP contribution in [0, 0.1) is 0 Å². The minimum absolute atomic E-state index is 0.0249. The van der Waals surface area contributed by atoms with Gasteiger partial charge in [-0.15, -0.1) is 0 Å². The lowest BCUT2D eigenvalue weighted by Crippen LogP contribution is -2.38. The predicted molar refractivity (Wildman–Crippen MR) is 110 cm³/mol. The molecule has 1 saturated heterocycles. The van der Waals surface area contributed by atoms with Gasteiger partial charge in [-0.1, -0.05) is 90.9 Å². The van der Waals surface area contributed by atoms with Gasteiger partial charge in [0.2, 0.25) is 0 Å². The van der Waals surface area contributed by atoms with Crippen LogP contribution in [0.1, 0.15) is 90.9 Å². The number of hydrogen-bond acceptors (Lipinski definition) is 4. The van der Waals surface area contributed by atoms with Crippen molar-refractivity contribution in [2.75, 3.05) is 13.1 Å². The molecule has 0 aliphatic carbocycles. The average molecular weight is 373 g/mol. The highest BCUT2D eigenvalue weighted by molar-refractivity contribution is 6.68. The van der Waals surface area contributed by atoms with Crippen LogP contribution in [0.25, 0.3) is 0 Å². The van der Waals surface area contributed by atoms with Crippen LogP contribution < -0.4 is 11.5 Å². The monoisotopic (exact) mass is 372 g/mol. The van der Waals surface area contributed by atoms with Crippen LogP contribution in [0.4, 0.5) is 0 Å². The van der Waals surface area contributed by atoms with E-state index in [1.807, 2.05) is 0 Å². The van der Waals surface area contributed by atoms with E-state index in [1.54, 1.807) is 0 Å². The minimum Gasteiger partial charge on any atom is -0.387 e. The van der Waals surface area contributed by atoms with Gasteiger partial charge in [0, 0.05) is 13.1 Å². The first-order valence-electron chi connectivity index (χ1n) is 11.0. The van der Waals surface area contributed by atoms with Crippen molar-refractivity contribution in [3.8, 4) is 0 Å². The Morgan fingerprint density at radius 3 is 1.32 bits per heavy atom. The largest absolute Gasteiger partial charge is 0.387 e. The molecule has 0 amide bonds. The zero-order chi connectivity index (χ0) is 18.4. The molecule has 0 aromatic rings. The van der Waals surface area contributed by atoms with Crippen molar-refractivity contribution < 1.29 is 8.85 Å². The van der Waals surface area contributed by atoms with E-state index in [-0.39, 0.29) is 12.2 Å². The van der Waals surface area contributed by atoms with E-state index >= 15 is 0 Å². The highest BCUT2D eigenvalue weighted by atomic mass is 28.4. The number of rotatable bonds is 16. The summed E-state index contributed by atoms with van der Waals surface area (Å²) in [4.78, 5) is 0. The lowest BCUT2D eigenvalue weighted by molar-refractivity contribution is 0.168. The molecule has 2 unspecified atom stereocenters. The van der Waals surface area contributed by atoms with Gasteiger partial charge in [-0.25, -0.2) is 0 Å². The van der Waals surface area contributed by atoms with E-state index in [0.717, 1.165) is 12.1 Å². The Bertz CT molecular complexity index is 288. The fourth-order valence-electron chi connectivity index (χ4n) is 3.84. The molecular weight excluding hydrogens is 328 g/mol. The maximum Gasteiger partial charge on any atom is 0.338 e. The Hall–Kier alpha value is 0.0569. The first-order chi connectivity index (χ1) is 12.2. The average Bonchev–Trinajstić information content (AvgIpc) is 2.99. The summed E-state index contributed by atoms with van der Waals surface area (Å²) in [5.41, 5.74) is 11.8. The van der Waals surface area contributed by atoms with Crippen LogP contribution in [-0.4, -0.2) is 33.9 Å². The summed E-state index contributed by atoms with van der Waals surface area (Å²) in [7, 11) is -2.10. The van der Waals surface area contributed by atoms with Crippen molar-refractivity contribution in [3.63, 3.8) is 0 Å². The van der Waals surface area contributed by atoms with E-state index in [4.69, 9.17) is 20.3 Å². The van der Waals surface area contributed by atoms with Crippen LogP contribution in [-0.2, 0) is 8.85 Å². The van der Waals surface area contributed by atoms with Crippen LogP contribution >= 0.6 is 0 Å². The Balaban J connectivity index is 2.41. The number of hydrogen-bond donors (Lipinski definition) is 2. The van der Waals surface area contributed by atoms with Gasteiger partial charge in [-0.2, -0.15) is 0 Å². The van der Waals surface area contributed by atoms with Gasteiger partial charge in [0.05, 0.1) is 12.2 Å². The molecule has 1 aliphatic heterocycles. The van der Waals surface area contributed by atoms with Gasteiger partial charge in [0.15, 0.2) is 0 Å². The van der Waals surface area contributed by atoms with Crippen LogP contribution in [0.5, 0.6) is 0 Å². The predicted octanol–water partition coefficient (Wildman–Crippen LogP) is 4.85. The molecule has 4 N–H and O–H groups in total. The molecule has 1 aliphatic rings. The molecule has 150 valence electrons. The summed E-state index contributed by atoms with van der Waals surface area (Å²) in [6.45, 7) is 5.60. The van der Waals surface area contributed by atoms with E-state index in [0.29, 0.717) is 13.1 Å². The molecule has 0 aromatic heterocycles. The van der Waals surface area contributed by atoms with Gasteiger partial charge < -0.3 is 20.3 Å². The maximum atomic E-state index is 6.47. The normalized spacial score (nSPS) is 22.6. The Morgan fingerprint density at radius 2 is 0.960 bits per heavy atom. The number of unbranched alkanes of at least 4 members (excludes halogenated alkanes) is 10. The highest BCUT2D eigenvalue weighted by Gasteiger charge is 2.48. The molecular formula is C20H44N2O2Si. The zero-order valence-electron chi connectivity index (χ0n) is 16.9. The maximum absolute atomic E-state index is 6.47. The first kappa shape index (κ1) is 23.1. The fraction of sp³-hybridized carbons (Fsp3) is 1.00. The van der Waals surface area contributed by atoms with Crippen LogP contribution in [0.3, 0.4) is 0 Å². The molecule has 1 rings (SSSR count). The topological polar surface area (TPSA) is 70.5 Å². The van der Waals surface area contributed by atoms with Crippen molar-refractivity contribution in [2.45, 2.75) is 115 Å². The SMILES string of the molecule is CCCCCCCC[Si]1(CCCCCCCC)OC(CN)C(CN)O1. The van der Waals surface area contributed by atoms with Crippen molar-refractivity contribution in [3.05, 3.63) is 0 Å². The highest BCUT2D eigenvalue weighted by Crippen LogP contribution is 2.34. The third kappa shape index (κ3) is 9.00. The van der Waals surface area contributed by atoms with E-state index in [2.05, 4.69) is 13.8 Å². The lowest BCUT2D eigenvalue weighted by atomic mass is 10.1. The summed E-state index contributed by atoms with van der Waals surface area (Å²) in [6.07, 6.45) is 15.9. The molecule has 0 spiro atoms. The zero-order valence-corrected chi connectivity index (χ0v) is 17.9. The second-order valence-corrected chi connectivity index (χ2v) is 11.0. The smallest absolute Gasteiger partial charge is 0.338 e. The van der Waals surface area contributed by atoms with Gasteiger partial charge >= 0.3 is 8.56 Å². The molecule has 1 heterocycles. The Kier molecular flexibility index (Phi) is 13.1. The molecule has 5 heteroatoms. The molecule has 0 bridgehead atoms. The van der Waals surface area contributed by atoms with E-state index < -0.39 is 8.56 Å². The third-order valence-electron chi connectivity index (χ3n) is 5.43. The van der Waals surface area contributed by atoms with Gasteiger partial charge in [0.1, 0.15) is 0 Å². The Morgan fingerprint density at radius 1 is 0.600 bits per heavy atom. The quantitative estimate of drug-likeness (QED) is 0.300. The molecule has 0 aromatic carbocycles. The van der Waals surface area contributed by atoms with Gasteiger partial charge in [0.25, 0.3) is 0 Å². The van der Waals surface area contributed by atoms with Crippen molar-refractivity contribution in [1.82, 2.24) is 0 Å². The second kappa shape index (κ2) is 14.2. The van der Waals surface area contributed by atoms with Crippen LogP contribution in [0.15, 0.2) is 0 Å². The summed E-state index contributed by atoms with van der Waals surface area (Å²) in [5.74, 6) is 0. The lowest BCUT2D eigenvalue weighted by Gasteiger charge is -2.25. The minimum atomic E-state index is -2.10. The molecule has 25 heavy (non-hydrogen) atoms. The summed E-state index contributed by atoms with van der Waals surface area (Å²) in [6, 6.07) is 2.25. The van der Waals surface area contributed by atoms with Crippen molar-refractivity contribution >= 4 is 8.56 Å². The summed E-state index contributed by atoms with van der Waals surface area (Å²) >= 11 is 0.